The summed E-state index contributed by atoms with van der Waals surface area (Å²) in [6, 6.07) is 3.73. The molecule has 0 atom stereocenters. The van der Waals surface area contributed by atoms with E-state index in [0.29, 0.717) is 18.4 Å². The van der Waals surface area contributed by atoms with Crippen molar-refractivity contribution in [3.63, 3.8) is 0 Å². The second-order valence-corrected chi connectivity index (χ2v) is 4.46. The summed E-state index contributed by atoms with van der Waals surface area (Å²) in [5, 5.41) is 19.5. The van der Waals surface area contributed by atoms with Gasteiger partial charge in [-0.05, 0) is 18.9 Å². The molecule has 1 aliphatic carbocycles. The fraction of sp³-hybridized carbons (Fsp3) is 0.400. The number of hydrogen-bond acceptors (Lipinski definition) is 3. The number of carboxylic acids is 1. The number of carboxylic acid groups (broad SMARTS) is 1. The molecule has 0 radical (unpaired) electrons. The van der Waals surface area contributed by atoms with Gasteiger partial charge in [0, 0.05) is 10.3 Å². The van der Waals surface area contributed by atoms with Crippen molar-refractivity contribution in [2.45, 2.75) is 24.7 Å². The van der Waals surface area contributed by atoms with Gasteiger partial charge >= 0.3 is 5.97 Å². The number of thiophene rings is 1. The monoisotopic (exact) mass is 207 g/mol. The Labute approximate surface area is 85.6 Å². The zero-order chi connectivity index (χ0) is 10.2. The second kappa shape index (κ2) is 3.10. The first-order valence-electron chi connectivity index (χ1n) is 4.41. The molecule has 0 spiro atoms. The summed E-state index contributed by atoms with van der Waals surface area (Å²) in [6.07, 6.45) is 2.37. The van der Waals surface area contributed by atoms with Gasteiger partial charge in [-0.3, -0.25) is 4.79 Å². The van der Waals surface area contributed by atoms with Crippen LogP contribution in [0.5, 0.6) is 0 Å². The van der Waals surface area contributed by atoms with Gasteiger partial charge in [-0.15, -0.1) is 11.3 Å². The molecular weight excluding hydrogens is 198 g/mol. The highest BCUT2D eigenvalue weighted by Gasteiger charge is 2.46. The third-order valence-electron chi connectivity index (χ3n) is 2.82. The molecule has 1 aromatic rings. The van der Waals surface area contributed by atoms with E-state index < -0.39 is 11.4 Å². The number of nitriles is 1. The van der Waals surface area contributed by atoms with Gasteiger partial charge in [0.2, 0.25) is 0 Å². The maximum Gasteiger partial charge on any atom is 0.314 e. The lowest BCUT2D eigenvalue weighted by Gasteiger charge is -2.36. The molecule has 72 valence electrons. The zero-order valence-corrected chi connectivity index (χ0v) is 8.30. The molecule has 0 amide bonds. The summed E-state index contributed by atoms with van der Waals surface area (Å²) in [6.45, 7) is 0. The van der Waals surface area contributed by atoms with E-state index in [1.54, 1.807) is 11.4 Å². The summed E-state index contributed by atoms with van der Waals surface area (Å²) in [5.41, 5.74) is -0.114. The van der Waals surface area contributed by atoms with E-state index >= 15 is 0 Å². The predicted molar refractivity (Wildman–Crippen MR) is 52.2 cm³/mol. The minimum Gasteiger partial charge on any atom is -0.481 e. The molecule has 1 aliphatic rings. The topological polar surface area (TPSA) is 61.1 Å². The van der Waals surface area contributed by atoms with Crippen molar-refractivity contribution < 1.29 is 9.90 Å². The van der Waals surface area contributed by atoms with Crippen LogP contribution in [0, 0.1) is 11.3 Å². The Bertz CT molecular complexity index is 412. The molecule has 0 aliphatic heterocycles. The van der Waals surface area contributed by atoms with Gasteiger partial charge in [0.15, 0.2) is 0 Å². The van der Waals surface area contributed by atoms with Crippen LogP contribution < -0.4 is 0 Å². The number of carbonyl (C=O) groups is 1. The molecule has 1 fully saturated rings. The zero-order valence-electron chi connectivity index (χ0n) is 7.49. The smallest absolute Gasteiger partial charge is 0.314 e. The van der Waals surface area contributed by atoms with E-state index in [1.165, 1.54) is 11.3 Å². The Morgan fingerprint density at radius 3 is 2.71 bits per heavy atom. The van der Waals surface area contributed by atoms with Gasteiger partial charge in [-0.2, -0.15) is 5.26 Å². The predicted octanol–water partition coefficient (Wildman–Crippen LogP) is 2.13. The number of aliphatic carboxylic acids is 1. The van der Waals surface area contributed by atoms with Crippen LogP contribution >= 0.6 is 11.3 Å². The summed E-state index contributed by atoms with van der Waals surface area (Å²) in [4.78, 5) is 12.0. The Morgan fingerprint density at radius 2 is 2.36 bits per heavy atom. The van der Waals surface area contributed by atoms with E-state index in [-0.39, 0.29) is 0 Å². The highest BCUT2D eigenvalue weighted by Crippen LogP contribution is 2.46. The Morgan fingerprint density at radius 1 is 1.64 bits per heavy atom. The molecule has 4 heteroatoms. The van der Waals surface area contributed by atoms with Crippen molar-refractivity contribution in [3.05, 3.63) is 21.9 Å². The molecule has 1 heterocycles. The molecule has 0 aromatic carbocycles. The van der Waals surface area contributed by atoms with E-state index in [1.807, 2.05) is 6.07 Å². The van der Waals surface area contributed by atoms with E-state index in [4.69, 9.17) is 10.4 Å². The van der Waals surface area contributed by atoms with Crippen LogP contribution in [0.1, 0.15) is 29.7 Å². The first kappa shape index (κ1) is 9.22. The minimum absolute atomic E-state index is 0.567. The van der Waals surface area contributed by atoms with Crippen LogP contribution in [0.25, 0.3) is 0 Å². The van der Waals surface area contributed by atoms with Crippen molar-refractivity contribution in [3.8, 4) is 6.07 Å². The maximum atomic E-state index is 11.1. The molecule has 1 aromatic heterocycles. The minimum atomic E-state index is -0.755. The molecule has 0 saturated heterocycles. The molecule has 14 heavy (non-hydrogen) atoms. The third-order valence-corrected chi connectivity index (χ3v) is 3.95. The first-order valence-corrected chi connectivity index (χ1v) is 5.29. The van der Waals surface area contributed by atoms with Crippen LogP contribution in [0.2, 0.25) is 0 Å². The van der Waals surface area contributed by atoms with Crippen molar-refractivity contribution in [1.82, 2.24) is 0 Å². The van der Waals surface area contributed by atoms with Crippen LogP contribution in [0.15, 0.2) is 11.4 Å². The summed E-state index contributed by atoms with van der Waals surface area (Å²) in [7, 11) is 0. The Hall–Kier alpha value is -1.34. The standard InChI is InChI=1S/C10H9NO2S/c11-5-7-4-8(14-6-7)10(9(12)13)2-1-3-10/h4,6H,1-3H2,(H,12,13). The molecule has 2 rings (SSSR count). The lowest BCUT2D eigenvalue weighted by atomic mass is 9.68. The Balaban J connectivity index is 2.38. The summed E-state index contributed by atoms with van der Waals surface area (Å²) < 4.78 is 0. The highest BCUT2D eigenvalue weighted by molar-refractivity contribution is 7.10. The van der Waals surface area contributed by atoms with Crippen molar-refractivity contribution in [2.24, 2.45) is 0 Å². The van der Waals surface area contributed by atoms with Crippen LogP contribution in [-0.2, 0) is 10.2 Å². The number of hydrogen-bond donors (Lipinski definition) is 1. The number of nitrogens with zero attached hydrogens (tertiary/aromatic N) is 1. The third kappa shape index (κ3) is 1.13. The largest absolute Gasteiger partial charge is 0.481 e. The van der Waals surface area contributed by atoms with E-state index in [0.717, 1.165) is 11.3 Å². The fourth-order valence-corrected chi connectivity index (χ4v) is 2.83. The molecular formula is C10H9NO2S. The normalized spacial score (nSPS) is 18.2. The fourth-order valence-electron chi connectivity index (χ4n) is 1.74. The number of rotatable bonds is 2. The van der Waals surface area contributed by atoms with Gasteiger partial charge in [0.1, 0.15) is 11.5 Å². The maximum absolute atomic E-state index is 11.1. The average Bonchev–Trinajstić information content (AvgIpc) is 2.50. The van der Waals surface area contributed by atoms with Crippen LogP contribution in [0.4, 0.5) is 0 Å². The quantitative estimate of drug-likeness (QED) is 0.808. The molecule has 0 bridgehead atoms. The highest BCUT2D eigenvalue weighted by atomic mass is 32.1. The lowest BCUT2D eigenvalue weighted by molar-refractivity contribution is -0.147. The molecule has 3 nitrogen and oxygen atoms in total. The molecule has 1 N–H and O–H groups in total. The van der Waals surface area contributed by atoms with Crippen molar-refractivity contribution in [1.29, 1.82) is 5.26 Å². The average molecular weight is 207 g/mol. The van der Waals surface area contributed by atoms with E-state index in [9.17, 15) is 4.79 Å². The lowest BCUT2D eigenvalue weighted by Crippen LogP contribution is -2.41. The summed E-state index contributed by atoms with van der Waals surface area (Å²) >= 11 is 1.38. The SMILES string of the molecule is N#Cc1csc(C2(C(=O)O)CCC2)c1. The molecule has 1 saturated carbocycles. The van der Waals surface area contributed by atoms with Crippen molar-refractivity contribution >= 4 is 17.3 Å². The van der Waals surface area contributed by atoms with Gasteiger partial charge in [0.25, 0.3) is 0 Å². The van der Waals surface area contributed by atoms with Gasteiger partial charge < -0.3 is 5.11 Å². The van der Waals surface area contributed by atoms with Gasteiger partial charge in [-0.1, -0.05) is 6.42 Å². The first-order chi connectivity index (χ1) is 6.69. The second-order valence-electron chi connectivity index (χ2n) is 3.55. The van der Waals surface area contributed by atoms with E-state index in [2.05, 4.69) is 0 Å². The van der Waals surface area contributed by atoms with Crippen molar-refractivity contribution in [2.75, 3.05) is 0 Å². The van der Waals surface area contributed by atoms with Gasteiger partial charge in [-0.25, -0.2) is 0 Å². The van der Waals surface area contributed by atoms with Crippen LogP contribution in [0.3, 0.4) is 0 Å². The van der Waals surface area contributed by atoms with Crippen LogP contribution in [-0.4, -0.2) is 11.1 Å². The molecule has 0 unspecified atom stereocenters. The van der Waals surface area contributed by atoms with Gasteiger partial charge in [0.05, 0.1) is 5.56 Å². The summed E-state index contributed by atoms with van der Waals surface area (Å²) in [5.74, 6) is -0.755. The Kier molecular flexibility index (Phi) is 2.05.